The van der Waals surface area contributed by atoms with Crippen molar-refractivity contribution in [2.75, 3.05) is 18.4 Å². The Kier molecular flexibility index (Phi) is 8.48. The van der Waals surface area contributed by atoms with Gasteiger partial charge in [0, 0.05) is 36.0 Å². The maximum absolute atomic E-state index is 14.5. The molecule has 2 aliphatic heterocycles. The number of nitrogens with one attached hydrogen (secondary N) is 1. The van der Waals surface area contributed by atoms with Gasteiger partial charge in [0.1, 0.15) is 18.5 Å². The highest BCUT2D eigenvalue weighted by Gasteiger charge is 2.51. The topological polar surface area (TPSA) is 170 Å². The highest BCUT2D eigenvalue weighted by atomic mass is 35.5. The number of anilines is 1. The summed E-state index contributed by atoms with van der Waals surface area (Å²) in [6.07, 6.45) is -1.62. The summed E-state index contributed by atoms with van der Waals surface area (Å²) in [6, 6.07) is 6.40. The molecule has 280 valence electrons. The van der Waals surface area contributed by atoms with Crippen LogP contribution in [0.15, 0.2) is 41.5 Å². The van der Waals surface area contributed by atoms with Crippen molar-refractivity contribution in [1.29, 1.82) is 0 Å². The van der Waals surface area contributed by atoms with Crippen LogP contribution < -0.4 is 10.9 Å². The molecule has 6 heterocycles. The Morgan fingerprint density at radius 3 is 2.48 bits per heavy atom. The first-order valence-electron chi connectivity index (χ1n) is 17.3. The van der Waals surface area contributed by atoms with Gasteiger partial charge in [-0.15, -0.1) is 5.10 Å². The summed E-state index contributed by atoms with van der Waals surface area (Å²) >= 11 is 6.16. The minimum absolute atomic E-state index is 0.0364. The van der Waals surface area contributed by atoms with Gasteiger partial charge in [-0.25, -0.2) is 9.97 Å². The van der Waals surface area contributed by atoms with Crippen LogP contribution in [0.4, 0.5) is 18.9 Å². The van der Waals surface area contributed by atoms with Crippen LogP contribution in [0.1, 0.15) is 89.0 Å². The number of aromatic hydroxyl groups is 1. The second kappa shape index (κ2) is 12.9. The third-order valence-electron chi connectivity index (χ3n) is 10.3. The molecule has 2 fully saturated rings. The molecule has 1 spiro atoms. The second-order valence-corrected chi connectivity index (χ2v) is 14.3. The maximum atomic E-state index is 14.5. The number of nitrogens with zero attached hydrogens (tertiary/aromatic N) is 8. The van der Waals surface area contributed by atoms with E-state index in [9.17, 15) is 32.7 Å². The predicted molar refractivity (Wildman–Crippen MR) is 187 cm³/mol. The first-order chi connectivity index (χ1) is 25.6. The summed E-state index contributed by atoms with van der Waals surface area (Å²) in [6.45, 7) is 5.01. The number of alkyl halides is 3. The zero-order chi connectivity index (χ0) is 38.3. The molecule has 0 bridgehead atoms. The largest absolute Gasteiger partial charge is 0.504 e. The van der Waals surface area contributed by atoms with E-state index in [1.165, 1.54) is 15.8 Å². The number of pyridine rings is 1. The van der Waals surface area contributed by atoms with Crippen LogP contribution in [-0.4, -0.2) is 69.0 Å². The molecule has 1 saturated heterocycles. The standard InChI is InChI=1S/C36H33ClF3N9O5/c1-17-22(7-9-24(43-17)20-4-5-20)31-45-34-48(15-26(50)44-25-8-6-21(14-23(25)37)36(38,39)40)29-19(3)54-35(27(29)32(52)49(34)46-31)10-12-47(13-11-35)33(53)28-30(51)18(2)41-16-42-28/h6-9,14,16,19-20,51H,4-5,10-13,15H2,1-3H3,(H,44,50). The van der Waals surface area contributed by atoms with E-state index in [4.69, 9.17) is 26.3 Å². The highest BCUT2D eigenvalue weighted by molar-refractivity contribution is 6.33. The molecule has 1 saturated carbocycles. The quantitative estimate of drug-likeness (QED) is 0.226. The van der Waals surface area contributed by atoms with Crippen LogP contribution in [0.2, 0.25) is 5.02 Å². The smallest absolute Gasteiger partial charge is 0.416 e. The van der Waals surface area contributed by atoms with Crippen LogP contribution in [0, 0.1) is 13.8 Å². The van der Waals surface area contributed by atoms with Crippen molar-refractivity contribution in [2.24, 2.45) is 0 Å². The van der Waals surface area contributed by atoms with Gasteiger partial charge in [-0.2, -0.15) is 22.7 Å². The van der Waals surface area contributed by atoms with Crippen molar-refractivity contribution in [2.45, 2.75) is 76.8 Å². The van der Waals surface area contributed by atoms with Crippen molar-refractivity contribution in [3.05, 3.63) is 91.6 Å². The number of amides is 2. The Bertz CT molecular complexity index is 2440. The number of halogens is 4. The molecular formula is C36H33ClF3N9O5. The summed E-state index contributed by atoms with van der Waals surface area (Å²) in [5.41, 5.74) is 0.322. The number of benzene rings is 1. The molecular weight excluding hydrogens is 731 g/mol. The first kappa shape index (κ1) is 35.6. The van der Waals surface area contributed by atoms with E-state index in [2.05, 4.69) is 20.4 Å². The van der Waals surface area contributed by atoms with Gasteiger partial charge in [-0.1, -0.05) is 11.6 Å². The number of carbonyl (C=O) groups is 2. The number of hydrogen-bond donors (Lipinski definition) is 2. The number of ether oxygens (including phenoxy) is 1. The average Bonchev–Trinajstić information content (AvgIpc) is 3.82. The molecule has 0 radical (unpaired) electrons. The summed E-state index contributed by atoms with van der Waals surface area (Å²) in [5, 5.41) is 17.4. The number of fused-ring (bicyclic) bond motifs is 3. The third kappa shape index (κ3) is 6.04. The fourth-order valence-electron chi connectivity index (χ4n) is 7.41. The first-order valence-corrected chi connectivity index (χ1v) is 17.7. The van der Waals surface area contributed by atoms with Crippen LogP contribution >= 0.6 is 11.6 Å². The predicted octanol–water partition coefficient (Wildman–Crippen LogP) is 5.48. The molecule has 4 aromatic heterocycles. The Morgan fingerprint density at radius 2 is 1.81 bits per heavy atom. The normalized spacial score (nSPS) is 18.0. The van der Waals surface area contributed by atoms with E-state index in [0.29, 0.717) is 22.9 Å². The zero-order valence-corrected chi connectivity index (χ0v) is 30.0. The maximum Gasteiger partial charge on any atom is 0.416 e. The average molecular weight is 764 g/mol. The molecule has 3 aliphatic rings. The minimum Gasteiger partial charge on any atom is -0.504 e. The SMILES string of the molecule is Cc1nc(C2CC2)ccc1-c1nc2n(CC(=O)Nc3ccc(C(F)(F)F)cc3Cl)c3c(c(=O)n2n1)C1(CCN(C(=O)c2ncnc(C)c2O)CC1)OC3C. The van der Waals surface area contributed by atoms with E-state index in [1.807, 2.05) is 19.1 Å². The number of aromatic nitrogens is 7. The van der Waals surface area contributed by atoms with E-state index in [-0.39, 0.29) is 70.9 Å². The van der Waals surface area contributed by atoms with Crippen molar-refractivity contribution in [3.63, 3.8) is 0 Å². The molecule has 1 unspecified atom stereocenters. The monoisotopic (exact) mass is 763 g/mol. The molecule has 2 N–H and O–H groups in total. The van der Waals surface area contributed by atoms with Crippen molar-refractivity contribution < 1.29 is 32.6 Å². The van der Waals surface area contributed by atoms with Crippen molar-refractivity contribution >= 4 is 34.9 Å². The third-order valence-corrected chi connectivity index (χ3v) is 10.6. The number of likely N-dealkylation sites (tertiary alicyclic amines) is 1. The summed E-state index contributed by atoms with van der Waals surface area (Å²) < 4.78 is 49.1. The summed E-state index contributed by atoms with van der Waals surface area (Å²) in [5.74, 6) is -0.794. The Hall–Kier alpha value is -5.42. The molecule has 14 nitrogen and oxygen atoms in total. The zero-order valence-electron chi connectivity index (χ0n) is 29.2. The number of hydrogen-bond acceptors (Lipinski definition) is 10. The molecule has 8 rings (SSSR count). The van der Waals surface area contributed by atoms with E-state index in [0.717, 1.165) is 41.3 Å². The molecule has 5 aromatic rings. The van der Waals surface area contributed by atoms with Gasteiger partial charge < -0.3 is 24.6 Å². The molecule has 54 heavy (non-hydrogen) atoms. The lowest BCUT2D eigenvalue weighted by Gasteiger charge is -2.39. The van der Waals surface area contributed by atoms with Crippen LogP contribution in [0.3, 0.4) is 0 Å². The lowest BCUT2D eigenvalue weighted by atomic mass is 9.85. The summed E-state index contributed by atoms with van der Waals surface area (Å²) in [7, 11) is 0. The van der Waals surface area contributed by atoms with Crippen molar-refractivity contribution in [1.82, 2.24) is 39.0 Å². The van der Waals surface area contributed by atoms with Crippen LogP contribution in [-0.2, 0) is 27.9 Å². The fourth-order valence-corrected chi connectivity index (χ4v) is 7.64. The molecule has 1 atom stereocenters. The van der Waals surface area contributed by atoms with E-state index in [1.54, 1.807) is 13.8 Å². The number of carbonyl (C=O) groups excluding carboxylic acids is 2. The van der Waals surface area contributed by atoms with Gasteiger partial charge in [0.15, 0.2) is 17.3 Å². The lowest BCUT2D eigenvalue weighted by molar-refractivity contribution is -0.137. The highest BCUT2D eigenvalue weighted by Crippen LogP contribution is 2.48. The van der Waals surface area contributed by atoms with E-state index < -0.39 is 47.4 Å². The Labute approximate surface area is 310 Å². The van der Waals surface area contributed by atoms with Gasteiger partial charge in [0.2, 0.25) is 11.7 Å². The van der Waals surface area contributed by atoms with Gasteiger partial charge >= 0.3 is 6.18 Å². The van der Waals surface area contributed by atoms with Crippen LogP contribution in [0.25, 0.3) is 17.2 Å². The number of rotatable bonds is 6. The Morgan fingerprint density at radius 1 is 1.07 bits per heavy atom. The molecule has 18 heteroatoms. The summed E-state index contributed by atoms with van der Waals surface area (Å²) in [4.78, 5) is 60.5. The molecule has 2 amide bonds. The fraction of sp³-hybridized carbons (Fsp3) is 0.389. The number of aryl methyl sites for hydroxylation is 2. The van der Waals surface area contributed by atoms with Gasteiger partial charge in [0.25, 0.3) is 11.5 Å². The number of piperidine rings is 1. The van der Waals surface area contributed by atoms with E-state index >= 15 is 0 Å². The second-order valence-electron chi connectivity index (χ2n) is 13.9. The van der Waals surface area contributed by atoms with Gasteiger partial charge in [-0.3, -0.25) is 19.4 Å². The lowest BCUT2D eigenvalue weighted by Crippen LogP contribution is -2.47. The molecule has 1 aromatic carbocycles. The Balaban J connectivity index is 1.19. The van der Waals surface area contributed by atoms with Crippen LogP contribution in [0.5, 0.6) is 5.75 Å². The van der Waals surface area contributed by atoms with Gasteiger partial charge in [0.05, 0.1) is 39.3 Å². The van der Waals surface area contributed by atoms with Crippen molar-refractivity contribution in [3.8, 4) is 17.1 Å². The minimum atomic E-state index is -4.63. The van der Waals surface area contributed by atoms with Gasteiger partial charge in [-0.05, 0) is 76.8 Å². The molecule has 1 aliphatic carbocycles.